The summed E-state index contributed by atoms with van der Waals surface area (Å²) < 4.78 is 83.9. The van der Waals surface area contributed by atoms with Crippen molar-refractivity contribution in [1.82, 2.24) is 10.3 Å². The second-order valence-corrected chi connectivity index (χ2v) is 9.07. The Bertz CT molecular complexity index is 1460. The average molecular weight is 580 g/mol. The number of nitrogens with one attached hydrogen (secondary N) is 2. The van der Waals surface area contributed by atoms with E-state index >= 15 is 0 Å². The molecular formula is C28H20ClF6N3O2. The molecule has 0 bridgehead atoms. The summed E-state index contributed by atoms with van der Waals surface area (Å²) >= 11 is 6.02. The number of halogens is 7. The lowest BCUT2D eigenvalue weighted by Crippen LogP contribution is -2.50. The Morgan fingerprint density at radius 3 is 2.15 bits per heavy atom. The summed E-state index contributed by atoms with van der Waals surface area (Å²) in [6.07, 6.45) is -8.52. The number of hydrogen-bond acceptors (Lipinski definition) is 3. The van der Waals surface area contributed by atoms with Crippen LogP contribution in [0.3, 0.4) is 0 Å². The van der Waals surface area contributed by atoms with Crippen molar-refractivity contribution in [3.05, 3.63) is 125 Å². The van der Waals surface area contributed by atoms with Crippen LogP contribution in [0.2, 0.25) is 5.02 Å². The third kappa shape index (κ3) is 7.03. The van der Waals surface area contributed by atoms with Crippen LogP contribution in [0.1, 0.15) is 22.4 Å². The number of urea groups is 1. The number of carbonyl (C=O) groups excluding carboxylic acids is 1. The molecule has 1 atom stereocenters. The summed E-state index contributed by atoms with van der Waals surface area (Å²) in [6, 6.07) is 19.7. The lowest BCUT2D eigenvalue weighted by atomic mass is 9.80. The number of para-hydroxylation sites is 2. The Morgan fingerprint density at radius 1 is 0.825 bits per heavy atom. The SMILES string of the molecule is O=C(Nc1ccccc1OC(F)(F)F)NC(Cc1ccccc1)(c1cccc(C(F)(F)F)c1)c1ccc(Cl)cn1. The lowest BCUT2D eigenvalue weighted by Gasteiger charge is -2.36. The number of pyridine rings is 1. The van der Waals surface area contributed by atoms with E-state index in [1.807, 2.05) is 0 Å². The summed E-state index contributed by atoms with van der Waals surface area (Å²) in [5.74, 6) is -0.678. The van der Waals surface area contributed by atoms with E-state index in [0.29, 0.717) is 5.56 Å². The van der Waals surface area contributed by atoms with Crippen LogP contribution < -0.4 is 15.4 Å². The summed E-state index contributed by atoms with van der Waals surface area (Å²) in [7, 11) is 0. The van der Waals surface area contributed by atoms with Crippen LogP contribution in [0.4, 0.5) is 36.8 Å². The van der Waals surface area contributed by atoms with Crippen LogP contribution in [0.15, 0.2) is 97.2 Å². The molecule has 0 saturated heterocycles. The van der Waals surface area contributed by atoms with Crippen LogP contribution in [-0.4, -0.2) is 17.4 Å². The zero-order valence-electron chi connectivity index (χ0n) is 20.4. The van der Waals surface area contributed by atoms with Gasteiger partial charge in [0, 0.05) is 12.6 Å². The molecule has 0 aliphatic rings. The highest BCUT2D eigenvalue weighted by Crippen LogP contribution is 2.37. The maximum absolute atomic E-state index is 13.7. The van der Waals surface area contributed by atoms with E-state index < -0.39 is 35.4 Å². The van der Waals surface area contributed by atoms with Crippen LogP contribution in [0, 0.1) is 0 Å². The predicted octanol–water partition coefficient (Wildman–Crippen LogP) is 7.96. The lowest BCUT2D eigenvalue weighted by molar-refractivity contribution is -0.274. The molecule has 0 saturated carbocycles. The first kappa shape index (κ1) is 28.8. The van der Waals surface area contributed by atoms with Gasteiger partial charge in [-0.1, -0.05) is 66.2 Å². The molecule has 4 rings (SSSR count). The zero-order chi connectivity index (χ0) is 29.0. The summed E-state index contributed by atoms with van der Waals surface area (Å²) in [5, 5.41) is 5.25. The fourth-order valence-electron chi connectivity index (χ4n) is 4.14. The number of rotatable bonds is 7. The summed E-state index contributed by atoms with van der Waals surface area (Å²) in [4.78, 5) is 17.7. The Morgan fingerprint density at radius 2 is 1.50 bits per heavy atom. The third-order valence-electron chi connectivity index (χ3n) is 5.85. The molecule has 208 valence electrons. The molecule has 0 spiro atoms. The van der Waals surface area contributed by atoms with Gasteiger partial charge in [-0.15, -0.1) is 13.2 Å². The minimum atomic E-state index is -5.03. The number of amides is 2. The maximum Gasteiger partial charge on any atom is 0.573 e. The predicted molar refractivity (Wildman–Crippen MR) is 137 cm³/mol. The van der Waals surface area contributed by atoms with Crippen molar-refractivity contribution in [2.45, 2.75) is 24.5 Å². The summed E-state index contributed by atoms with van der Waals surface area (Å²) in [6.45, 7) is 0. The molecule has 2 N–H and O–H groups in total. The number of benzene rings is 3. The molecular weight excluding hydrogens is 560 g/mol. The molecule has 40 heavy (non-hydrogen) atoms. The van der Waals surface area contributed by atoms with Crippen LogP contribution in [0.25, 0.3) is 0 Å². The highest BCUT2D eigenvalue weighted by Gasteiger charge is 2.40. The molecule has 12 heteroatoms. The Kier molecular flexibility index (Phi) is 8.24. The van der Waals surface area contributed by atoms with Gasteiger partial charge in [-0.05, 0) is 47.5 Å². The van der Waals surface area contributed by atoms with E-state index in [9.17, 15) is 31.1 Å². The van der Waals surface area contributed by atoms with Crippen molar-refractivity contribution < 1.29 is 35.9 Å². The fourth-order valence-corrected chi connectivity index (χ4v) is 4.25. The van der Waals surface area contributed by atoms with Gasteiger partial charge in [0.1, 0.15) is 5.54 Å². The van der Waals surface area contributed by atoms with Crippen molar-refractivity contribution in [3.63, 3.8) is 0 Å². The molecule has 1 heterocycles. The minimum absolute atomic E-state index is 0.0241. The van der Waals surface area contributed by atoms with Gasteiger partial charge in [0.05, 0.1) is 22.0 Å². The monoisotopic (exact) mass is 579 g/mol. The first-order chi connectivity index (χ1) is 18.9. The molecule has 2 amide bonds. The van der Waals surface area contributed by atoms with E-state index in [4.69, 9.17) is 11.6 Å². The Labute approximate surface area is 229 Å². The van der Waals surface area contributed by atoms with Crippen LogP contribution in [-0.2, 0) is 18.1 Å². The first-order valence-corrected chi connectivity index (χ1v) is 12.0. The normalized spacial score (nSPS) is 13.3. The van der Waals surface area contributed by atoms with Crippen molar-refractivity contribution in [1.29, 1.82) is 0 Å². The largest absolute Gasteiger partial charge is 0.573 e. The van der Waals surface area contributed by atoms with Gasteiger partial charge >= 0.3 is 18.6 Å². The van der Waals surface area contributed by atoms with E-state index in [1.54, 1.807) is 30.3 Å². The number of aromatic nitrogens is 1. The molecule has 1 aromatic heterocycles. The van der Waals surface area contributed by atoms with Gasteiger partial charge in [-0.25, -0.2) is 4.79 Å². The highest BCUT2D eigenvalue weighted by atomic mass is 35.5. The maximum atomic E-state index is 13.7. The van der Waals surface area contributed by atoms with Crippen molar-refractivity contribution in [3.8, 4) is 5.75 Å². The number of carbonyl (C=O) groups is 1. The highest BCUT2D eigenvalue weighted by molar-refractivity contribution is 6.30. The number of alkyl halides is 6. The molecule has 0 aliphatic carbocycles. The topological polar surface area (TPSA) is 63.2 Å². The molecule has 0 aliphatic heterocycles. The van der Waals surface area contributed by atoms with Gasteiger partial charge in [0.25, 0.3) is 0 Å². The van der Waals surface area contributed by atoms with Crippen LogP contribution >= 0.6 is 11.6 Å². The van der Waals surface area contributed by atoms with Crippen molar-refractivity contribution in [2.75, 3.05) is 5.32 Å². The van der Waals surface area contributed by atoms with Gasteiger partial charge in [0.15, 0.2) is 5.75 Å². The molecule has 3 aromatic carbocycles. The zero-order valence-corrected chi connectivity index (χ0v) is 21.1. The van der Waals surface area contributed by atoms with E-state index in [1.165, 1.54) is 48.7 Å². The third-order valence-corrected chi connectivity index (χ3v) is 6.07. The fraction of sp³-hybridized carbons (Fsp3) is 0.143. The average Bonchev–Trinajstić information content (AvgIpc) is 2.89. The van der Waals surface area contributed by atoms with Crippen molar-refractivity contribution in [2.24, 2.45) is 0 Å². The van der Waals surface area contributed by atoms with E-state index in [2.05, 4.69) is 20.4 Å². The second-order valence-electron chi connectivity index (χ2n) is 8.63. The second kappa shape index (κ2) is 11.5. The van der Waals surface area contributed by atoms with Crippen molar-refractivity contribution >= 4 is 23.3 Å². The van der Waals surface area contributed by atoms with E-state index in [0.717, 1.165) is 18.2 Å². The van der Waals surface area contributed by atoms with Gasteiger partial charge < -0.3 is 15.4 Å². The first-order valence-electron chi connectivity index (χ1n) is 11.6. The molecule has 0 fully saturated rings. The van der Waals surface area contributed by atoms with Crippen LogP contribution in [0.5, 0.6) is 5.75 Å². The number of nitrogens with zero attached hydrogens (tertiary/aromatic N) is 1. The number of anilines is 1. The van der Waals surface area contributed by atoms with Gasteiger partial charge in [-0.3, -0.25) is 4.98 Å². The summed E-state index contributed by atoms with van der Waals surface area (Å²) in [5.41, 5.74) is -2.23. The molecule has 5 nitrogen and oxygen atoms in total. The minimum Gasteiger partial charge on any atom is -0.404 e. The number of ether oxygens (including phenoxy) is 1. The number of hydrogen-bond donors (Lipinski definition) is 2. The standard InChI is InChI=1S/C28H20ClF6N3O2/c29-21-13-14-24(36-17-21)26(16-18-7-2-1-3-8-18,19-9-6-10-20(15-19)27(30,31)32)38-25(39)37-22-11-4-5-12-23(22)40-28(33,34)35/h1-15,17H,16H2,(H2,37,38,39). The Balaban J connectivity index is 1.84. The molecule has 1 unspecified atom stereocenters. The molecule has 0 radical (unpaired) electrons. The van der Waals surface area contributed by atoms with E-state index in [-0.39, 0.29) is 28.4 Å². The van der Waals surface area contributed by atoms with Gasteiger partial charge in [0.2, 0.25) is 0 Å². The quantitative estimate of drug-likeness (QED) is 0.218. The van der Waals surface area contributed by atoms with Gasteiger partial charge in [-0.2, -0.15) is 13.2 Å². The Hall–Kier alpha value is -4.25. The molecule has 4 aromatic rings. The smallest absolute Gasteiger partial charge is 0.404 e.